The summed E-state index contributed by atoms with van der Waals surface area (Å²) in [6.45, 7) is 1.52. The van der Waals surface area contributed by atoms with Crippen LogP contribution in [0.1, 0.15) is 6.92 Å². The van der Waals surface area contributed by atoms with Crippen LogP contribution in [0.25, 0.3) is 0 Å². The molecule has 0 heterocycles. The molecule has 1 N–H and O–H groups in total. The molecule has 1 unspecified atom stereocenters. The number of rotatable bonds is 7. The summed E-state index contributed by atoms with van der Waals surface area (Å²) in [7, 11) is 2.95. The standard InChI is InChI=1S/C14H19NO5/c1-10(14(17)18)8-15(13(16)9-19-2)11-5-4-6-12(7-11)20-3/h4-7,10H,8-9H2,1-3H3,(H,17,18). The zero-order chi connectivity index (χ0) is 15.1. The lowest BCUT2D eigenvalue weighted by Crippen LogP contribution is -2.39. The molecule has 0 bridgehead atoms. The number of carboxylic acids is 1. The van der Waals surface area contributed by atoms with Crippen LogP contribution in [0.5, 0.6) is 5.75 Å². The molecular weight excluding hydrogens is 262 g/mol. The second kappa shape index (κ2) is 7.49. The summed E-state index contributed by atoms with van der Waals surface area (Å²) >= 11 is 0. The van der Waals surface area contributed by atoms with Crippen molar-refractivity contribution in [3.63, 3.8) is 0 Å². The lowest BCUT2D eigenvalue weighted by atomic mass is 10.1. The first-order chi connectivity index (χ1) is 9.49. The van der Waals surface area contributed by atoms with Gasteiger partial charge < -0.3 is 19.5 Å². The highest BCUT2D eigenvalue weighted by Crippen LogP contribution is 2.22. The van der Waals surface area contributed by atoms with Gasteiger partial charge in [-0.3, -0.25) is 9.59 Å². The van der Waals surface area contributed by atoms with Crippen molar-refractivity contribution in [3.8, 4) is 5.75 Å². The van der Waals surface area contributed by atoms with E-state index >= 15 is 0 Å². The van der Waals surface area contributed by atoms with Crippen molar-refractivity contribution in [2.75, 3.05) is 32.3 Å². The topological polar surface area (TPSA) is 76.1 Å². The van der Waals surface area contributed by atoms with Gasteiger partial charge in [0.1, 0.15) is 12.4 Å². The van der Waals surface area contributed by atoms with Gasteiger partial charge in [-0.2, -0.15) is 0 Å². The first kappa shape index (κ1) is 16.0. The minimum atomic E-state index is -0.955. The number of methoxy groups -OCH3 is 2. The van der Waals surface area contributed by atoms with E-state index in [1.54, 1.807) is 31.2 Å². The predicted molar refractivity (Wildman–Crippen MR) is 74.0 cm³/mol. The third-order valence-electron chi connectivity index (χ3n) is 2.81. The van der Waals surface area contributed by atoms with Gasteiger partial charge >= 0.3 is 5.97 Å². The van der Waals surface area contributed by atoms with Crippen molar-refractivity contribution >= 4 is 17.6 Å². The van der Waals surface area contributed by atoms with E-state index in [-0.39, 0.29) is 19.1 Å². The van der Waals surface area contributed by atoms with Crippen molar-refractivity contribution in [3.05, 3.63) is 24.3 Å². The van der Waals surface area contributed by atoms with E-state index in [0.29, 0.717) is 11.4 Å². The minimum absolute atomic E-state index is 0.0741. The monoisotopic (exact) mass is 281 g/mol. The Kier molecular flexibility index (Phi) is 5.99. The van der Waals surface area contributed by atoms with Crippen LogP contribution < -0.4 is 9.64 Å². The molecular formula is C14H19NO5. The summed E-state index contributed by atoms with van der Waals surface area (Å²) in [5.74, 6) is -1.33. The molecule has 0 saturated heterocycles. The Hall–Kier alpha value is -2.08. The maximum atomic E-state index is 12.1. The SMILES string of the molecule is COCC(=O)N(CC(C)C(=O)O)c1cccc(OC)c1. The zero-order valence-corrected chi connectivity index (χ0v) is 11.8. The fraction of sp³-hybridized carbons (Fsp3) is 0.429. The molecule has 1 aromatic carbocycles. The number of carboxylic acid groups (broad SMARTS) is 1. The quantitative estimate of drug-likeness (QED) is 0.817. The van der Waals surface area contributed by atoms with Gasteiger partial charge in [0, 0.05) is 25.4 Å². The highest BCUT2D eigenvalue weighted by molar-refractivity contribution is 5.95. The third kappa shape index (κ3) is 4.24. The van der Waals surface area contributed by atoms with E-state index in [2.05, 4.69) is 0 Å². The van der Waals surface area contributed by atoms with Gasteiger partial charge in [0.25, 0.3) is 5.91 Å². The minimum Gasteiger partial charge on any atom is -0.497 e. The number of benzene rings is 1. The highest BCUT2D eigenvalue weighted by Gasteiger charge is 2.22. The Morgan fingerprint density at radius 1 is 1.35 bits per heavy atom. The van der Waals surface area contributed by atoms with Crippen molar-refractivity contribution in [1.29, 1.82) is 0 Å². The molecule has 0 spiro atoms. The summed E-state index contributed by atoms with van der Waals surface area (Å²) in [6, 6.07) is 6.91. The third-order valence-corrected chi connectivity index (χ3v) is 2.81. The van der Waals surface area contributed by atoms with Gasteiger partial charge in [0.05, 0.1) is 13.0 Å². The molecule has 0 aromatic heterocycles. The summed E-state index contributed by atoms with van der Waals surface area (Å²) in [5, 5.41) is 9.00. The molecule has 1 atom stereocenters. The fourth-order valence-corrected chi connectivity index (χ4v) is 1.68. The second-order valence-corrected chi connectivity index (χ2v) is 4.38. The Labute approximate surface area is 117 Å². The summed E-state index contributed by atoms with van der Waals surface area (Å²) < 4.78 is 9.95. The average molecular weight is 281 g/mol. The van der Waals surface area contributed by atoms with Crippen LogP contribution in [0, 0.1) is 5.92 Å². The predicted octanol–water partition coefficient (Wildman–Crippen LogP) is 1.40. The number of amides is 1. The second-order valence-electron chi connectivity index (χ2n) is 4.38. The molecule has 6 nitrogen and oxygen atoms in total. The van der Waals surface area contributed by atoms with Crippen LogP contribution in [0.3, 0.4) is 0 Å². The molecule has 0 aliphatic rings. The van der Waals surface area contributed by atoms with Crippen molar-refractivity contribution in [2.24, 2.45) is 5.92 Å². The Balaban J connectivity index is 3.02. The van der Waals surface area contributed by atoms with E-state index in [4.69, 9.17) is 14.6 Å². The van der Waals surface area contributed by atoms with Gasteiger partial charge in [-0.15, -0.1) is 0 Å². The molecule has 0 radical (unpaired) electrons. The molecule has 0 aliphatic heterocycles. The van der Waals surface area contributed by atoms with Crippen molar-refractivity contribution in [2.45, 2.75) is 6.92 Å². The van der Waals surface area contributed by atoms with Crippen LogP contribution in [-0.2, 0) is 14.3 Å². The van der Waals surface area contributed by atoms with Gasteiger partial charge in [0.2, 0.25) is 0 Å². The molecule has 1 aromatic rings. The van der Waals surface area contributed by atoms with E-state index < -0.39 is 11.9 Å². The smallest absolute Gasteiger partial charge is 0.308 e. The van der Waals surface area contributed by atoms with Gasteiger partial charge in [-0.25, -0.2) is 0 Å². The van der Waals surface area contributed by atoms with E-state index in [1.165, 1.54) is 19.1 Å². The summed E-state index contributed by atoms with van der Waals surface area (Å²) in [6.07, 6.45) is 0. The largest absolute Gasteiger partial charge is 0.497 e. The van der Waals surface area contributed by atoms with E-state index in [9.17, 15) is 9.59 Å². The number of ether oxygens (including phenoxy) is 2. The average Bonchev–Trinajstić information content (AvgIpc) is 2.44. The molecule has 110 valence electrons. The summed E-state index contributed by atoms with van der Waals surface area (Å²) in [4.78, 5) is 24.4. The lowest BCUT2D eigenvalue weighted by molar-refractivity contribution is -0.140. The van der Waals surface area contributed by atoms with Crippen LogP contribution in [0.15, 0.2) is 24.3 Å². The molecule has 0 aliphatic carbocycles. The maximum Gasteiger partial charge on any atom is 0.308 e. The zero-order valence-electron chi connectivity index (χ0n) is 11.8. The van der Waals surface area contributed by atoms with Gasteiger partial charge in [-0.1, -0.05) is 13.0 Å². The summed E-state index contributed by atoms with van der Waals surface area (Å²) in [5.41, 5.74) is 0.583. The number of nitrogens with zero attached hydrogens (tertiary/aromatic N) is 1. The van der Waals surface area contributed by atoms with Crippen molar-refractivity contribution in [1.82, 2.24) is 0 Å². The van der Waals surface area contributed by atoms with Crippen LogP contribution in [0.4, 0.5) is 5.69 Å². The molecule has 1 rings (SSSR count). The first-order valence-electron chi connectivity index (χ1n) is 6.15. The van der Waals surface area contributed by atoms with Crippen LogP contribution in [0.2, 0.25) is 0 Å². The number of anilines is 1. The number of hydrogen-bond acceptors (Lipinski definition) is 4. The van der Waals surface area contributed by atoms with Gasteiger partial charge in [0.15, 0.2) is 0 Å². The Morgan fingerprint density at radius 2 is 2.05 bits per heavy atom. The number of carbonyl (C=O) groups excluding carboxylic acids is 1. The van der Waals surface area contributed by atoms with E-state index in [0.717, 1.165) is 0 Å². The van der Waals surface area contributed by atoms with Crippen molar-refractivity contribution < 1.29 is 24.2 Å². The number of carbonyl (C=O) groups is 2. The first-order valence-corrected chi connectivity index (χ1v) is 6.15. The number of hydrogen-bond donors (Lipinski definition) is 1. The number of aliphatic carboxylic acids is 1. The Bertz CT molecular complexity index is 474. The molecule has 0 fully saturated rings. The van der Waals surface area contributed by atoms with Gasteiger partial charge in [-0.05, 0) is 12.1 Å². The molecule has 20 heavy (non-hydrogen) atoms. The molecule has 6 heteroatoms. The maximum absolute atomic E-state index is 12.1. The molecule has 1 amide bonds. The van der Waals surface area contributed by atoms with Crippen LogP contribution in [-0.4, -0.2) is 44.4 Å². The van der Waals surface area contributed by atoms with Crippen LogP contribution >= 0.6 is 0 Å². The Morgan fingerprint density at radius 3 is 2.60 bits per heavy atom. The fourth-order valence-electron chi connectivity index (χ4n) is 1.68. The highest BCUT2D eigenvalue weighted by atomic mass is 16.5. The lowest BCUT2D eigenvalue weighted by Gasteiger charge is -2.24. The van der Waals surface area contributed by atoms with E-state index in [1.807, 2.05) is 0 Å². The molecule has 0 saturated carbocycles. The normalized spacial score (nSPS) is 11.8.